The highest BCUT2D eigenvalue weighted by Gasteiger charge is 2.44. The molecular weight excluding hydrogens is 711 g/mol. The number of rotatable bonds is 3. The molecule has 0 saturated heterocycles. The maximum absolute atomic E-state index is 2.57. The maximum Gasteiger partial charge on any atom is 0.252 e. The van der Waals surface area contributed by atoms with E-state index in [2.05, 4.69) is 219 Å². The van der Waals surface area contributed by atoms with E-state index in [9.17, 15) is 0 Å². The van der Waals surface area contributed by atoms with Crippen LogP contribution in [0.5, 0.6) is 0 Å². The predicted molar refractivity (Wildman–Crippen MR) is 255 cm³/mol. The number of aryl methyl sites for hydroxylation is 1. The normalized spacial score (nSPS) is 14.1. The van der Waals surface area contributed by atoms with Crippen molar-refractivity contribution in [2.45, 2.75) is 91.9 Å². The monoisotopic (exact) mass is 766 g/mol. The minimum atomic E-state index is -0.00539. The molecule has 59 heavy (non-hydrogen) atoms. The van der Waals surface area contributed by atoms with Crippen molar-refractivity contribution < 1.29 is 0 Å². The number of hydrogen-bond donors (Lipinski definition) is 0. The lowest BCUT2D eigenvalue weighted by Crippen LogP contribution is -2.61. The van der Waals surface area contributed by atoms with Crippen molar-refractivity contribution in [3.8, 4) is 22.3 Å². The minimum Gasteiger partial charge on any atom is -0.311 e. The lowest BCUT2D eigenvalue weighted by atomic mass is 9.33. The molecule has 2 heterocycles. The van der Waals surface area contributed by atoms with E-state index >= 15 is 0 Å². The Morgan fingerprint density at radius 1 is 0.441 bits per heavy atom. The molecule has 0 amide bonds. The summed E-state index contributed by atoms with van der Waals surface area (Å²) in [6.07, 6.45) is 0.986. The molecule has 0 saturated carbocycles. The van der Waals surface area contributed by atoms with Gasteiger partial charge in [-0.25, -0.2) is 0 Å². The Kier molecular flexibility index (Phi) is 8.32. The molecule has 2 aliphatic heterocycles. The SMILES string of the molecule is Cc1cc2c3c(c1)N(c1ccc(C(C)(C)C)cc1)c1cc(C(C)(C)C)ccc1B3c1cc(C(C)(C)C)ccc1N2c1cccc(-c2cccc3c2-c2ccccc2C3)c1. The summed E-state index contributed by atoms with van der Waals surface area (Å²) in [4.78, 5) is 5.14. The molecule has 2 nitrogen and oxygen atoms in total. The third-order valence-electron chi connectivity index (χ3n) is 13.2. The van der Waals surface area contributed by atoms with Crippen LogP contribution in [-0.4, -0.2) is 6.71 Å². The molecule has 7 aromatic rings. The van der Waals surface area contributed by atoms with Crippen LogP contribution in [-0.2, 0) is 22.7 Å². The molecule has 292 valence electrons. The van der Waals surface area contributed by atoms with Crippen LogP contribution < -0.4 is 26.2 Å². The van der Waals surface area contributed by atoms with Gasteiger partial charge in [-0.3, -0.25) is 0 Å². The summed E-state index contributed by atoms with van der Waals surface area (Å²) in [6, 6.07) is 53.9. The van der Waals surface area contributed by atoms with E-state index in [4.69, 9.17) is 0 Å². The maximum atomic E-state index is 2.57. The lowest BCUT2D eigenvalue weighted by molar-refractivity contribution is 0.590. The highest BCUT2D eigenvalue weighted by molar-refractivity contribution is 7.00. The van der Waals surface area contributed by atoms with Crippen molar-refractivity contribution >= 4 is 57.2 Å². The van der Waals surface area contributed by atoms with Gasteiger partial charge in [-0.2, -0.15) is 0 Å². The molecule has 0 N–H and O–H groups in total. The smallest absolute Gasteiger partial charge is 0.252 e. The Hall–Kier alpha value is -5.80. The minimum absolute atomic E-state index is 0.00147. The molecule has 3 aliphatic rings. The summed E-state index contributed by atoms with van der Waals surface area (Å²) in [7, 11) is 0. The fourth-order valence-corrected chi connectivity index (χ4v) is 9.98. The Morgan fingerprint density at radius 3 is 1.75 bits per heavy atom. The van der Waals surface area contributed by atoms with Crippen molar-refractivity contribution in [1.29, 1.82) is 0 Å². The molecular formula is C56H55BN2. The molecule has 0 spiro atoms. The van der Waals surface area contributed by atoms with Crippen LogP contribution in [0.15, 0.2) is 140 Å². The zero-order valence-electron chi connectivity index (χ0n) is 36.5. The quantitative estimate of drug-likeness (QED) is 0.165. The van der Waals surface area contributed by atoms with Crippen LogP contribution >= 0.6 is 0 Å². The van der Waals surface area contributed by atoms with Crippen molar-refractivity contribution in [2.75, 3.05) is 9.80 Å². The second-order valence-corrected chi connectivity index (χ2v) is 20.4. The van der Waals surface area contributed by atoms with E-state index in [1.807, 2.05) is 0 Å². The first-order chi connectivity index (χ1) is 28.1. The molecule has 0 fully saturated rings. The fraction of sp³-hybridized carbons (Fsp3) is 0.250. The van der Waals surface area contributed by atoms with Crippen molar-refractivity contribution in [3.05, 3.63) is 173 Å². The number of fused-ring (bicyclic) bond motifs is 7. The van der Waals surface area contributed by atoms with E-state index in [0.29, 0.717) is 0 Å². The molecule has 0 bridgehead atoms. The van der Waals surface area contributed by atoms with Gasteiger partial charge in [0, 0.05) is 34.1 Å². The van der Waals surface area contributed by atoms with Crippen LogP contribution in [0.2, 0.25) is 0 Å². The third kappa shape index (κ3) is 6.07. The van der Waals surface area contributed by atoms with E-state index in [1.165, 1.54) is 106 Å². The number of hydrogen-bond acceptors (Lipinski definition) is 2. The summed E-state index contributed by atoms with van der Waals surface area (Å²) < 4.78 is 0. The molecule has 7 aromatic carbocycles. The zero-order chi connectivity index (χ0) is 41.2. The van der Waals surface area contributed by atoms with Gasteiger partial charge in [0.2, 0.25) is 0 Å². The summed E-state index contributed by atoms with van der Waals surface area (Å²) >= 11 is 0. The van der Waals surface area contributed by atoms with Gasteiger partial charge in [-0.05, 0) is 150 Å². The van der Waals surface area contributed by atoms with Crippen molar-refractivity contribution in [3.63, 3.8) is 0 Å². The highest BCUT2D eigenvalue weighted by atomic mass is 15.2. The van der Waals surface area contributed by atoms with E-state index in [-0.39, 0.29) is 23.0 Å². The summed E-state index contributed by atoms with van der Waals surface area (Å²) in [6.45, 7) is 23.2. The van der Waals surface area contributed by atoms with Crippen molar-refractivity contribution in [1.82, 2.24) is 0 Å². The second kappa shape index (κ2) is 13.1. The Labute approximate surface area is 352 Å². The summed E-state index contributed by atoms with van der Waals surface area (Å²) in [5.41, 5.74) is 24.9. The predicted octanol–water partition coefficient (Wildman–Crippen LogP) is 13.2. The lowest BCUT2D eigenvalue weighted by Gasteiger charge is -2.45. The number of benzene rings is 7. The summed E-state index contributed by atoms with van der Waals surface area (Å²) in [5.74, 6) is 0. The van der Waals surface area contributed by atoms with E-state index in [0.717, 1.165) is 6.42 Å². The highest BCUT2D eigenvalue weighted by Crippen LogP contribution is 2.48. The average Bonchev–Trinajstić information content (AvgIpc) is 3.58. The first-order valence-electron chi connectivity index (χ1n) is 21.5. The molecule has 1 aliphatic carbocycles. The van der Waals surface area contributed by atoms with Crippen LogP contribution in [0.3, 0.4) is 0 Å². The topological polar surface area (TPSA) is 6.48 Å². The van der Waals surface area contributed by atoms with Gasteiger partial charge in [0.1, 0.15) is 0 Å². The second-order valence-electron chi connectivity index (χ2n) is 20.4. The Balaban J connectivity index is 1.24. The van der Waals surface area contributed by atoms with Gasteiger partial charge in [-0.15, -0.1) is 0 Å². The van der Waals surface area contributed by atoms with Crippen LogP contribution in [0.4, 0.5) is 34.1 Å². The van der Waals surface area contributed by atoms with Gasteiger partial charge in [0.15, 0.2) is 0 Å². The molecule has 0 radical (unpaired) electrons. The van der Waals surface area contributed by atoms with Gasteiger partial charge in [0.05, 0.1) is 0 Å². The first-order valence-corrected chi connectivity index (χ1v) is 21.5. The first kappa shape index (κ1) is 37.5. The summed E-state index contributed by atoms with van der Waals surface area (Å²) in [5, 5.41) is 0. The van der Waals surface area contributed by atoms with Crippen LogP contribution in [0.25, 0.3) is 22.3 Å². The van der Waals surface area contributed by atoms with Gasteiger partial charge < -0.3 is 9.80 Å². The fourth-order valence-electron chi connectivity index (χ4n) is 9.98. The Bertz CT molecular complexity index is 2820. The molecule has 0 unspecified atom stereocenters. The van der Waals surface area contributed by atoms with Crippen LogP contribution in [0.1, 0.15) is 95.7 Å². The number of nitrogens with zero attached hydrogens (tertiary/aromatic N) is 2. The van der Waals surface area contributed by atoms with E-state index in [1.54, 1.807) is 0 Å². The third-order valence-corrected chi connectivity index (χ3v) is 13.2. The van der Waals surface area contributed by atoms with Gasteiger partial charge in [-0.1, -0.05) is 153 Å². The van der Waals surface area contributed by atoms with E-state index < -0.39 is 0 Å². The van der Waals surface area contributed by atoms with Crippen molar-refractivity contribution in [2.24, 2.45) is 0 Å². The molecule has 0 aromatic heterocycles. The Morgan fingerprint density at radius 2 is 1.03 bits per heavy atom. The zero-order valence-corrected chi connectivity index (χ0v) is 36.5. The standard InChI is InChI=1S/C56H55BN2/c1-35-29-50-53-51(30-35)59(43-18-13-16-37(32-43)45-20-14-17-38-31-36-15-11-12-19-44(36)52(38)45)48-28-24-40(55(5,6)7)33-47(48)57(53)46-27-23-41(56(8,9)10)34-49(46)58(50)42-25-21-39(22-26-42)54(2,3)4/h11-30,32-34H,31H2,1-10H3. The van der Waals surface area contributed by atoms with Gasteiger partial charge >= 0.3 is 0 Å². The molecule has 3 heteroatoms. The average molecular weight is 767 g/mol. The van der Waals surface area contributed by atoms with Gasteiger partial charge in [0.25, 0.3) is 6.71 Å². The largest absolute Gasteiger partial charge is 0.311 e. The molecule has 0 atom stereocenters. The molecule has 10 rings (SSSR count). The number of anilines is 6. The van der Waals surface area contributed by atoms with Crippen LogP contribution in [0, 0.1) is 6.92 Å².